The lowest BCUT2D eigenvalue weighted by atomic mass is 10.0. The van der Waals surface area contributed by atoms with E-state index >= 15 is 0 Å². The van der Waals surface area contributed by atoms with E-state index in [4.69, 9.17) is 4.74 Å². The molecule has 0 spiro atoms. The second-order valence-corrected chi connectivity index (χ2v) is 8.17. The molecule has 0 radical (unpaired) electrons. The molecule has 0 atom stereocenters. The van der Waals surface area contributed by atoms with Crippen molar-refractivity contribution in [1.29, 1.82) is 0 Å². The van der Waals surface area contributed by atoms with Crippen LogP contribution >= 0.6 is 15.9 Å². The number of carbonyl (C=O) groups is 2. The van der Waals surface area contributed by atoms with Gasteiger partial charge in [-0.2, -0.15) is 0 Å². The van der Waals surface area contributed by atoms with Gasteiger partial charge in [-0.3, -0.25) is 14.6 Å². The van der Waals surface area contributed by atoms with Crippen LogP contribution in [-0.4, -0.2) is 45.8 Å². The van der Waals surface area contributed by atoms with Crippen LogP contribution in [0.25, 0.3) is 0 Å². The fourth-order valence-electron chi connectivity index (χ4n) is 3.46. The molecule has 4 rings (SSSR count). The number of likely N-dealkylation sites (tertiary alicyclic amines) is 1. The van der Waals surface area contributed by atoms with Crippen molar-refractivity contribution in [3.8, 4) is 11.6 Å². The Labute approximate surface area is 192 Å². The van der Waals surface area contributed by atoms with E-state index in [1.165, 1.54) is 30.6 Å². The number of pyridine rings is 2. The van der Waals surface area contributed by atoms with E-state index in [9.17, 15) is 14.0 Å². The summed E-state index contributed by atoms with van der Waals surface area (Å²) in [5.74, 6) is -0.271. The first-order chi connectivity index (χ1) is 15.5. The van der Waals surface area contributed by atoms with Crippen LogP contribution in [0.4, 0.5) is 4.39 Å². The minimum Gasteiger partial charge on any atom is -0.437 e. The highest BCUT2D eigenvalue weighted by Crippen LogP contribution is 2.31. The summed E-state index contributed by atoms with van der Waals surface area (Å²) in [5.41, 5.74) is 0.830. The summed E-state index contributed by atoms with van der Waals surface area (Å²) >= 11 is 3.26. The summed E-state index contributed by atoms with van der Waals surface area (Å²) in [6.45, 7) is 0.983. The van der Waals surface area contributed by atoms with Crippen molar-refractivity contribution in [1.82, 2.24) is 20.2 Å². The number of rotatable bonds is 5. The number of piperidine rings is 1. The largest absolute Gasteiger partial charge is 0.437 e. The summed E-state index contributed by atoms with van der Waals surface area (Å²) in [6.07, 6.45) is 5.95. The van der Waals surface area contributed by atoms with Crippen LogP contribution in [0.15, 0.2) is 65.5 Å². The molecule has 9 heteroatoms. The third-order valence-electron chi connectivity index (χ3n) is 5.14. The first-order valence-electron chi connectivity index (χ1n) is 10.1. The molecule has 1 aromatic carbocycles. The van der Waals surface area contributed by atoms with Gasteiger partial charge in [-0.1, -0.05) is 0 Å². The van der Waals surface area contributed by atoms with Gasteiger partial charge >= 0.3 is 0 Å². The standard InChI is InChI=1S/C23H20BrFN4O3/c24-19-13-16(25)5-6-20(19)32-22-18(4-2-10-27-22)23(31)29-11-7-17(8-12-29)28-21(30)15-3-1-9-26-14-15/h1-6,9-10,13-14,17H,7-8,11-12H2,(H,28,30). The van der Waals surface area contributed by atoms with Crippen LogP contribution in [0.1, 0.15) is 33.6 Å². The van der Waals surface area contributed by atoms with Gasteiger partial charge in [-0.15, -0.1) is 0 Å². The SMILES string of the molecule is O=C(NC1CCN(C(=O)c2cccnc2Oc2ccc(F)cc2Br)CC1)c1cccnc1. The van der Waals surface area contributed by atoms with Gasteiger partial charge in [0.15, 0.2) is 0 Å². The Morgan fingerprint density at radius 3 is 2.62 bits per heavy atom. The van der Waals surface area contributed by atoms with E-state index in [0.29, 0.717) is 47.3 Å². The van der Waals surface area contributed by atoms with Crippen molar-refractivity contribution in [3.05, 3.63) is 82.5 Å². The van der Waals surface area contributed by atoms with E-state index in [1.807, 2.05) is 0 Å². The van der Waals surface area contributed by atoms with Gasteiger partial charge in [0.25, 0.3) is 11.8 Å². The quantitative estimate of drug-likeness (QED) is 0.569. The molecular weight excluding hydrogens is 479 g/mol. The van der Waals surface area contributed by atoms with Crippen LogP contribution in [-0.2, 0) is 0 Å². The summed E-state index contributed by atoms with van der Waals surface area (Å²) in [6, 6.07) is 10.8. The van der Waals surface area contributed by atoms with E-state index in [0.717, 1.165) is 0 Å². The maximum absolute atomic E-state index is 13.4. The maximum atomic E-state index is 13.4. The molecule has 3 heterocycles. The number of hydrogen-bond acceptors (Lipinski definition) is 5. The number of nitrogens with zero attached hydrogens (tertiary/aromatic N) is 3. The zero-order chi connectivity index (χ0) is 22.5. The van der Waals surface area contributed by atoms with Crippen molar-refractivity contribution in [3.63, 3.8) is 0 Å². The van der Waals surface area contributed by atoms with Gasteiger partial charge in [0.1, 0.15) is 17.1 Å². The highest BCUT2D eigenvalue weighted by Gasteiger charge is 2.27. The van der Waals surface area contributed by atoms with E-state index < -0.39 is 5.82 Å². The molecule has 2 amide bonds. The van der Waals surface area contributed by atoms with Crippen molar-refractivity contribution in [2.24, 2.45) is 0 Å². The lowest BCUT2D eigenvalue weighted by Crippen LogP contribution is -2.46. The fourth-order valence-corrected chi connectivity index (χ4v) is 3.89. The number of ether oxygens (including phenoxy) is 1. The zero-order valence-corrected chi connectivity index (χ0v) is 18.6. The normalized spacial score (nSPS) is 14.1. The van der Waals surface area contributed by atoms with Crippen molar-refractivity contribution in [2.45, 2.75) is 18.9 Å². The number of nitrogens with one attached hydrogen (secondary N) is 1. The second-order valence-electron chi connectivity index (χ2n) is 7.31. The summed E-state index contributed by atoms with van der Waals surface area (Å²) in [7, 11) is 0. The Kier molecular flexibility index (Phi) is 6.75. The average molecular weight is 499 g/mol. The zero-order valence-electron chi connectivity index (χ0n) is 17.0. The lowest BCUT2D eigenvalue weighted by Gasteiger charge is -2.32. The van der Waals surface area contributed by atoms with E-state index in [-0.39, 0.29) is 23.7 Å². The van der Waals surface area contributed by atoms with E-state index in [2.05, 4.69) is 31.2 Å². The molecular formula is C23H20BrFN4O3. The molecule has 3 aromatic rings. The number of aromatic nitrogens is 2. The van der Waals surface area contributed by atoms with E-state index in [1.54, 1.807) is 35.4 Å². The fraction of sp³-hybridized carbons (Fsp3) is 0.217. The monoisotopic (exact) mass is 498 g/mol. The molecule has 0 aliphatic carbocycles. The van der Waals surface area contributed by atoms with Crippen molar-refractivity contribution in [2.75, 3.05) is 13.1 Å². The Morgan fingerprint density at radius 2 is 1.91 bits per heavy atom. The number of carbonyl (C=O) groups excluding carboxylic acids is 2. The molecule has 0 saturated carbocycles. The molecule has 1 fully saturated rings. The van der Waals surface area contributed by atoms with Crippen molar-refractivity contribution >= 4 is 27.7 Å². The predicted molar refractivity (Wildman–Crippen MR) is 119 cm³/mol. The Hall–Kier alpha value is -3.33. The van der Waals surface area contributed by atoms with Gasteiger partial charge < -0.3 is 15.0 Å². The molecule has 0 bridgehead atoms. The van der Waals surface area contributed by atoms with Gasteiger partial charge in [0.2, 0.25) is 5.88 Å². The molecule has 1 aliphatic rings. The van der Waals surface area contributed by atoms with Gasteiger partial charge in [-0.05, 0) is 71.2 Å². The number of hydrogen-bond donors (Lipinski definition) is 1. The number of amides is 2. The van der Waals surface area contributed by atoms with Crippen LogP contribution in [0, 0.1) is 5.82 Å². The smallest absolute Gasteiger partial charge is 0.259 e. The molecule has 7 nitrogen and oxygen atoms in total. The number of benzene rings is 1. The first kappa shape index (κ1) is 21.9. The predicted octanol–water partition coefficient (Wildman–Crippen LogP) is 4.21. The Morgan fingerprint density at radius 1 is 1.12 bits per heavy atom. The third-order valence-corrected chi connectivity index (χ3v) is 5.76. The highest BCUT2D eigenvalue weighted by atomic mass is 79.9. The minimum atomic E-state index is -0.403. The van der Waals surface area contributed by atoms with Crippen LogP contribution in [0.3, 0.4) is 0 Å². The third kappa shape index (κ3) is 5.11. The first-order valence-corrected chi connectivity index (χ1v) is 10.9. The van der Waals surface area contributed by atoms with Crippen LogP contribution in [0.5, 0.6) is 11.6 Å². The molecule has 32 heavy (non-hydrogen) atoms. The molecule has 1 N–H and O–H groups in total. The molecule has 164 valence electrons. The summed E-state index contributed by atoms with van der Waals surface area (Å²) in [4.78, 5) is 35.3. The average Bonchev–Trinajstić information content (AvgIpc) is 2.82. The van der Waals surface area contributed by atoms with Gasteiger partial charge in [0.05, 0.1) is 10.0 Å². The Bertz CT molecular complexity index is 1120. The minimum absolute atomic E-state index is 0.0217. The van der Waals surface area contributed by atoms with Crippen LogP contribution in [0.2, 0.25) is 0 Å². The highest BCUT2D eigenvalue weighted by molar-refractivity contribution is 9.10. The molecule has 1 saturated heterocycles. The van der Waals surface area contributed by atoms with Crippen LogP contribution < -0.4 is 10.1 Å². The number of halogens is 2. The molecule has 1 aliphatic heterocycles. The molecule has 0 unspecified atom stereocenters. The topological polar surface area (TPSA) is 84.4 Å². The molecule has 2 aromatic heterocycles. The summed E-state index contributed by atoms with van der Waals surface area (Å²) in [5, 5.41) is 3.00. The maximum Gasteiger partial charge on any atom is 0.259 e. The van der Waals surface area contributed by atoms with Gasteiger partial charge in [0, 0.05) is 37.7 Å². The lowest BCUT2D eigenvalue weighted by molar-refractivity contribution is 0.0695. The second kappa shape index (κ2) is 9.86. The Balaban J connectivity index is 1.40. The summed E-state index contributed by atoms with van der Waals surface area (Å²) < 4.78 is 19.6. The van der Waals surface area contributed by atoms with Gasteiger partial charge in [-0.25, -0.2) is 9.37 Å². The van der Waals surface area contributed by atoms with Crippen molar-refractivity contribution < 1.29 is 18.7 Å².